The molecule has 0 unspecified atom stereocenters. The lowest BCUT2D eigenvalue weighted by Gasteiger charge is -2.17. The fourth-order valence-electron chi connectivity index (χ4n) is 1.37. The van der Waals surface area contributed by atoms with Gasteiger partial charge in [0, 0.05) is 6.61 Å². The maximum Gasteiger partial charge on any atom is 0.0703 e. The van der Waals surface area contributed by atoms with Crippen LogP contribution in [-0.4, -0.2) is 39.1 Å². The third kappa shape index (κ3) is 15.9. The molecule has 0 radical (unpaired) electrons. The van der Waals surface area contributed by atoms with Crippen LogP contribution >= 0.6 is 0 Å². The molecule has 0 saturated carbocycles. The molecule has 0 aromatic carbocycles. The van der Waals surface area contributed by atoms with E-state index in [1.54, 1.807) is 0 Å². The van der Waals surface area contributed by atoms with E-state index in [0.717, 1.165) is 13.0 Å². The molecule has 0 saturated heterocycles. The first kappa shape index (κ1) is 16.9. The molecule has 0 aliphatic carbocycles. The van der Waals surface area contributed by atoms with Crippen LogP contribution in [0.25, 0.3) is 0 Å². The first-order valence-electron chi connectivity index (χ1n) is 6.69. The molecular formula is C14H30O3. The Morgan fingerprint density at radius 1 is 0.824 bits per heavy atom. The predicted molar refractivity (Wildman–Crippen MR) is 71.4 cm³/mol. The predicted octanol–water partition coefficient (Wildman–Crippen LogP) is 3.27. The zero-order valence-electron chi connectivity index (χ0n) is 12.3. The number of rotatable bonds is 10. The summed E-state index contributed by atoms with van der Waals surface area (Å²) < 4.78 is 16.2. The number of ether oxygens (including phenoxy) is 3. The van der Waals surface area contributed by atoms with Crippen molar-refractivity contribution in [3.05, 3.63) is 0 Å². The van der Waals surface area contributed by atoms with Crippen molar-refractivity contribution in [1.82, 2.24) is 0 Å². The minimum Gasteiger partial charge on any atom is -0.379 e. The lowest BCUT2D eigenvalue weighted by molar-refractivity contribution is -0.00239. The van der Waals surface area contributed by atoms with Gasteiger partial charge in [-0.25, -0.2) is 0 Å². The zero-order chi connectivity index (χ0) is 13.1. The Hall–Kier alpha value is -0.120. The van der Waals surface area contributed by atoms with Gasteiger partial charge in [-0.1, -0.05) is 20.8 Å². The lowest BCUT2D eigenvalue weighted by atomic mass is 9.91. The molecule has 0 aromatic rings. The molecule has 3 heteroatoms. The van der Waals surface area contributed by atoms with Gasteiger partial charge in [0.2, 0.25) is 0 Å². The molecule has 0 fully saturated rings. The van der Waals surface area contributed by atoms with Gasteiger partial charge in [-0.3, -0.25) is 0 Å². The van der Waals surface area contributed by atoms with Crippen LogP contribution in [-0.2, 0) is 14.2 Å². The van der Waals surface area contributed by atoms with E-state index >= 15 is 0 Å². The van der Waals surface area contributed by atoms with Gasteiger partial charge in [-0.15, -0.1) is 0 Å². The summed E-state index contributed by atoms with van der Waals surface area (Å²) in [6.07, 6.45) is 2.61. The molecule has 0 heterocycles. The summed E-state index contributed by atoms with van der Waals surface area (Å²) in [5.74, 6) is 0. The standard InChI is InChI=1S/C14H30O3/c1-13(2)17-12-11-16-10-9-15-8-6-7-14(3,4)5/h13H,6-12H2,1-5H3. The van der Waals surface area contributed by atoms with E-state index in [-0.39, 0.29) is 6.10 Å². The highest BCUT2D eigenvalue weighted by molar-refractivity contribution is 4.60. The Morgan fingerprint density at radius 2 is 1.35 bits per heavy atom. The number of hydrogen-bond acceptors (Lipinski definition) is 3. The first-order chi connectivity index (χ1) is 7.92. The van der Waals surface area contributed by atoms with Crippen molar-refractivity contribution >= 4 is 0 Å². The lowest BCUT2D eigenvalue weighted by Crippen LogP contribution is -2.13. The normalized spacial score (nSPS) is 12.4. The topological polar surface area (TPSA) is 27.7 Å². The van der Waals surface area contributed by atoms with Crippen molar-refractivity contribution in [3.8, 4) is 0 Å². The highest BCUT2D eigenvalue weighted by Gasteiger charge is 2.08. The van der Waals surface area contributed by atoms with E-state index in [0.29, 0.717) is 31.8 Å². The van der Waals surface area contributed by atoms with Crippen molar-refractivity contribution in [1.29, 1.82) is 0 Å². The highest BCUT2D eigenvalue weighted by atomic mass is 16.5. The van der Waals surface area contributed by atoms with Crippen LogP contribution in [0.4, 0.5) is 0 Å². The van der Waals surface area contributed by atoms with E-state index in [9.17, 15) is 0 Å². The van der Waals surface area contributed by atoms with Crippen LogP contribution in [0, 0.1) is 5.41 Å². The second-order valence-electron chi connectivity index (χ2n) is 5.81. The second-order valence-corrected chi connectivity index (χ2v) is 5.81. The van der Waals surface area contributed by atoms with Crippen molar-refractivity contribution in [3.63, 3.8) is 0 Å². The van der Waals surface area contributed by atoms with Crippen LogP contribution in [0.2, 0.25) is 0 Å². The van der Waals surface area contributed by atoms with E-state index in [1.165, 1.54) is 6.42 Å². The van der Waals surface area contributed by atoms with Gasteiger partial charge in [0.25, 0.3) is 0 Å². The van der Waals surface area contributed by atoms with Crippen LogP contribution in [0.3, 0.4) is 0 Å². The fourth-order valence-corrected chi connectivity index (χ4v) is 1.37. The third-order valence-corrected chi connectivity index (χ3v) is 2.27. The Bertz CT molecular complexity index is 161. The van der Waals surface area contributed by atoms with E-state index in [2.05, 4.69) is 20.8 Å². The molecule has 0 rings (SSSR count). The molecule has 104 valence electrons. The van der Waals surface area contributed by atoms with E-state index in [1.807, 2.05) is 13.8 Å². The summed E-state index contributed by atoms with van der Waals surface area (Å²) in [6, 6.07) is 0. The van der Waals surface area contributed by atoms with Gasteiger partial charge in [0.1, 0.15) is 0 Å². The third-order valence-electron chi connectivity index (χ3n) is 2.27. The highest BCUT2D eigenvalue weighted by Crippen LogP contribution is 2.20. The van der Waals surface area contributed by atoms with Crippen molar-refractivity contribution < 1.29 is 14.2 Å². The van der Waals surface area contributed by atoms with Crippen LogP contribution in [0.1, 0.15) is 47.5 Å². The first-order valence-corrected chi connectivity index (χ1v) is 6.69. The summed E-state index contributed by atoms with van der Waals surface area (Å²) in [5, 5.41) is 0. The monoisotopic (exact) mass is 246 g/mol. The molecule has 0 aromatic heterocycles. The quantitative estimate of drug-likeness (QED) is 0.554. The Balaban J connectivity index is 3.04. The van der Waals surface area contributed by atoms with E-state index in [4.69, 9.17) is 14.2 Å². The Kier molecular flexibility index (Phi) is 9.79. The summed E-state index contributed by atoms with van der Waals surface area (Å²) in [6.45, 7) is 14.3. The molecule has 0 spiro atoms. The molecule has 0 N–H and O–H groups in total. The van der Waals surface area contributed by atoms with Gasteiger partial charge < -0.3 is 14.2 Å². The summed E-state index contributed by atoms with van der Waals surface area (Å²) in [5.41, 5.74) is 0.411. The molecular weight excluding hydrogens is 216 g/mol. The Morgan fingerprint density at radius 3 is 1.88 bits per heavy atom. The van der Waals surface area contributed by atoms with Gasteiger partial charge in [-0.05, 0) is 32.1 Å². The maximum absolute atomic E-state index is 5.49. The largest absolute Gasteiger partial charge is 0.379 e. The van der Waals surface area contributed by atoms with E-state index < -0.39 is 0 Å². The molecule has 0 amide bonds. The van der Waals surface area contributed by atoms with Gasteiger partial charge in [0.15, 0.2) is 0 Å². The minimum atomic E-state index is 0.284. The Labute approximate surface area is 107 Å². The zero-order valence-corrected chi connectivity index (χ0v) is 12.3. The van der Waals surface area contributed by atoms with Gasteiger partial charge in [-0.2, -0.15) is 0 Å². The van der Waals surface area contributed by atoms with Crippen molar-refractivity contribution in [2.45, 2.75) is 53.6 Å². The van der Waals surface area contributed by atoms with Crippen LogP contribution in [0.15, 0.2) is 0 Å². The van der Waals surface area contributed by atoms with Gasteiger partial charge >= 0.3 is 0 Å². The number of hydrogen-bond donors (Lipinski definition) is 0. The average molecular weight is 246 g/mol. The molecule has 3 nitrogen and oxygen atoms in total. The molecule has 0 aliphatic heterocycles. The fraction of sp³-hybridized carbons (Fsp3) is 1.00. The summed E-state index contributed by atoms with van der Waals surface area (Å²) >= 11 is 0. The molecule has 0 bridgehead atoms. The maximum atomic E-state index is 5.49. The smallest absolute Gasteiger partial charge is 0.0703 e. The van der Waals surface area contributed by atoms with Gasteiger partial charge in [0.05, 0.1) is 32.5 Å². The minimum absolute atomic E-state index is 0.284. The average Bonchev–Trinajstić information content (AvgIpc) is 2.18. The van der Waals surface area contributed by atoms with Crippen LogP contribution in [0.5, 0.6) is 0 Å². The summed E-state index contributed by atoms with van der Waals surface area (Å²) in [4.78, 5) is 0. The molecule has 0 atom stereocenters. The molecule has 0 aliphatic rings. The molecule has 17 heavy (non-hydrogen) atoms. The van der Waals surface area contributed by atoms with Crippen LogP contribution < -0.4 is 0 Å². The SMILES string of the molecule is CC(C)OCCOCCOCCCC(C)(C)C. The van der Waals surface area contributed by atoms with Crippen molar-refractivity contribution in [2.75, 3.05) is 33.0 Å². The summed E-state index contributed by atoms with van der Waals surface area (Å²) in [7, 11) is 0. The second kappa shape index (κ2) is 9.86. The van der Waals surface area contributed by atoms with Crippen molar-refractivity contribution in [2.24, 2.45) is 5.41 Å².